The van der Waals surface area contributed by atoms with Gasteiger partial charge in [0.15, 0.2) is 5.58 Å². The Morgan fingerprint density at radius 3 is 2.50 bits per heavy atom. The minimum absolute atomic E-state index is 0.0872. The number of rotatable bonds is 2. The quantitative estimate of drug-likeness (QED) is 0.538. The van der Waals surface area contributed by atoms with Gasteiger partial charge in [0.25, 0.3) is 0 Å². The number of carbonyl (C=O) groups is 1. The molecule has 1 aliphatic rings. The summed E-state index contributed by atoms with van der Waals surface area (Å²) >= 11 is 6.40. The highest BCUT2D eigenvalue weighted by molar-refractivity contribution is 7.91. The number of benzene rings is 2. The van der Waals surface area contributed by atoms with Gasteiger partial charge in [-0.05, 0) is 45.0 Å². The standard InChI is InChI=1S/C22H22ClNO5S/c1-22(2,3)29-21(25)24-10-9-19-17(13-24)16-11-15(12-18(23)20(16)28-19)30(26,27)14-7-5-4-6-8-14/h4-8,11-12H,9-10,13H2,1-3H3. The Hall–Kier alpha value is -2.51. The maximum Gasteiger partial charge on any atom is 0.410 e. The van der Waals surface area contributed by atoms with Gasteiger partial charge in [-0.3, -0.25) is 0 Å². The van der Waals surface area contributed by atoms with Crippen LogP contribution in [0.2, 0.25) is 5.02 Å². The monoisotopic (exact) mass is 447 g/mol. The lowest BCUT2D eigenvalue weighted by atomic mass is 10.1. The lowest BCUT2D eigenvalue weighted by Gasteiger charge is -2.29. The number of hydrogen-bond acceptors (Lipinski definition) is 5. The molecule has 0 unspecified atom stereocenters. The lowest BCUT2D eigenvalue weighted by Crippen LogP contribution is -2.39. The smallest absolute Gasteiger partial charge is 0.410 e. The summed E-state index contributed by atoms with van der Waals surface area (Å²) in [6.45, 7) is 6.16. The molecule has 2 aromatic carbocycles. The third-order valence-corrected chi connectivity index (χ3v) is 6.91. The van der Waals surface area contributed by atoms with Crippen LogP contribution >= 0.6 is 11.6 Å². The van der Waals surface area contributed by atoms with E-state index in [1.807, 2.05) is 20.8 Å². The molecule has 4 rings (SSSR count). The molecule has 8 heteroatoms. The van der Waals surface area contributed by atoms with Gasteiger partial charge in [-0.25, -0.2) is 13.2 Å². The maximum absolute atomic E-state index is 13.1. The molecule has 0 fully saturated rings. The van der Waals surface area contributed by atoms with Crippen molar-refractivity contribution in [2.24, 2.45) is 0 Å². The van der Waals surface area contributed by atoms with Gasteiger partial charge < -0.3 is 14.1 Å². The molecule has 0 N–H and O–H groups in total. The van der Waals surface area contributed by atoms with Gasteiger partial charge in [0.1, 0.15) is 11.4 Å². The molecule has 6 nitrogen and oxygen atoms in total. The van der Waals surface area contributed by atoms with E-state index in [0.717, 1.165) is 5.56 Å². The molecular weight excluding hydrogens is 426 g/mol. The van der Waals surface area contributed by atoms with Gasteiger partial charge in [0, 0.05) is 23.9 Å². The van der Waals surface area contributed by atoms with E-state index in [0.29, 0.717) is 29.7 Å². The first kappa shape index (κ1) is 20.8. The normalized spacial score (nSPS) is 14.6. The number of nitrogens with zero attached hydrogens (tertiary/aromatic N) is 1. The summed E-state index contributed by atoms with van der Waals surface area (Å²) in [4.78, 5) is 14.4. The third-order valence-electron chi connectivity index (χ3n) is 4.88. The Balaban J connectivity index is 1.76. The van der Waals surface area contributed by atoms with E-state index in [1.165, 1.54) is 6.07 Å². The number of furan rings is 1. The topological polar surface area (TPSA) is 76.8 Å². The van der Waals surface area contributed by atoms with Gasteiger partial charge in [0.05, 0.1) is 21.4 Å². The first-order valence-electron chi connectivity index (χ1n) is 9.58. The lowest BCUT2D eigenvalue weighted by molar-refractivity contribution is 0.0220. The Morgan fingerprint density at radius 2 is 1.83 bits per heavy atom. The first-order valence-corrected chi connectivity index (χ1v) is 11.4. The van der Waals surface area contributed by atoms with Crippen molar-refractivity contribution in [3.8, 4) is 0 Å². The molecule has 158 valence electrons. The van der Waals surface area contributed by atoms with Crippen LogP contribution in [0, 0.1) is 0 Å². The molecule has 0 saturated heterocycles. The first-order chi connectivity index (χ1) is 14.1. The van der Waals surface area contributed by atoms with Crippen molar-refractivity contribution in [2.45, 2.75) is 49.1 Å². The van der Waals surface area contributed by atoms with Crippen molar-refractivity contribution < 1.29 is 22.4 Å². The zero-order chi connectivity index (χ0) is 21.7. The molecule has 1 amide bonds. The third kappa shape index (κ3) is 3.79. The number of carbonyl (C=O) groups excluding carboxylic acids is 1. The fraction of sp³-hybridized carbons (Fsp3) is 0.318. The van der Waals surface area contributed by atoms with Gasteiger partial charge in [-0.15, -0.1) is 0 Å². The summed E-state index contributed by atoms with van der Waals surface area (Å²) in [5.74, 6) is 0.709. The van der Waals surface area contributed by atoms with Crippen molar-refractivity contribution >= 4 is 38.5 Å². The van der Waals surface area contributed by atoms with E-state index in [4.69, 9.17) is 20.8 Å². The molecule has 0 aliphatic carbocycles. The van der Waals surface area contributed by atoms with Gasteiger partial charge in [0.2, 0.25) is 9.84 Å². The van der Waals surface area contributed by atoms with Crippen molar-refractivity contribution in [1.82, 2.24) is 4.90 Å². The van der Waals surface area contributed by atoms with Crippen molar-refractivity contribution in [3.63, 3.8) is 0 Å². The van der Waals surface area contributed by atoms with Crippen LogP contribution in [-0.2, 0) is 27.5 Å². The summed E-state index contributed by atoms with van der Waals surface area (Å²) < 4.78 is 37.5. The van der Waals surface area contributed by atoms with E-state index < -0.39 is 21.5 Å². The van der Waals surface area contributed by atoms with E-state index in [2.05, 4.69) is 0 Å². The largest absolute Gasteiger partial charge is 0.459 e. The number of hydrogen-bond donors (Lipinski definition) is 0. The number of ether oxygens (including phenoxy) is 1. The van der Waals surface area contributed by atoms with Crippen molar-refractivity contribution in [3.05, 3.63) is 58.8 Å². The number of fused-ring (bicyclic) bond motifs is 3. The molecule has 1 aliphatic heterocycles. The number of amides is 1. The summed E-state index contributed by atoms with van der Waals surface area (Å²) in [5, 5.41) is 0.820. The molecule has 0 atom stereocenters. The van der Waals surface area contributed by atoms with Crippen LogP contribution in [-0.4, -0.2) is 31.6 Å². The highest BCUT2D eigenvalue weighted by atomic mass is 35.5. The minimum atomic E-state index is -3.74. The average Bonchev–Trinajstić information content (AvgIpc) is 3.06. The fourth-order valence-electron chi connectivity index (χ4n) is 3.49. The summed E-state index contributed by atoms with van der Waals surface area (Å²) in [7, 11) is -3.74. The highest BCUT2D eigenvalue weighted by Crippen LogP contribution is 2.38. The van der Waals surface area contributed by atoms with Crippen LogP contribution < -0.4 is 0 Å². The zero-order valence-electron chi connectivity index (χ0n) is 16.9. The molecular formula is C22H22ClNO5S. The van der Waals surface area contributed by atoms with Crippen LogP contribution in [0.1, 0.15) is 32.1 Å². The van der Waals surface area contributed by atoms with Crippen LogP contribution in [0.5, 0.6) is 0 Å². The molecule has 0 bridgehead atoms. The van der Waals surface area contributed by atoms with Crippen molar-refractivity contribution in [1.29, 1.82) is 0 Å². The molecule has 1 aromatic heterocycles. The van der Waals surface area contributed by atoms with E-state index >= 15 is 0 Å². The Morgan fingerprint density at radius 1 is 1.13 bits per heavy atom. The summed E-state index contributed by atoms with van der Waals surface area (Å²) in [6, 6.07) is 11.2. The van der Waals surface area contributed by atoms with Crippen LogP contribution in [0.4, 0.5) is 4.79 Å². The second-order valence-electron chi connectivity index (χ2n) is 8.25. The van der Waals surface area contributed by atoms with E-state index in [9.17, 15) is 13.2 Å². The van der Waals surface area contributed by atoms with Crippen LogP contribution in [0.3, 0.4) is 0 Å². The predicted octanol–water partition coefficient (Wildman–Crippen LogP) is 5.21. The van der Waals surface area contributed by atoms with E-state index in [1.54, 1.807) is 41.3 Å². The zero-order valence-corrected chi connectivity index (χ0v) is 18.5. The molecule has 0 radical (unpaired) electrons. The summed E-state index contributed by atoms with van der Waals surface area (Å²) in [5.41, 5.74) is 0.588. The van der Waals surface area contributed by atoms with Gasteiger partial charge >= 0.3 is 6.09 Å². The van der Waals surface area contributed by atoms with Crippen LogP contribution in [0.15, 0.2) is 56.7 Å². The maximum atomic E-state index is 13.1. The fourth-order valence-corrected chi connectivity index (χ4v) is 5.14. The average molecular weight is 448 g/mol. The SMILES string of the molecule is CC(C)(C)OC(=O)N1CCc2oc3c(Cl)cc(S(=O)(=O)c4ccccc4)cc3c2C1. The predicted molar refractivity (Wildman–Crippen MR) is 113 cm³/mol. The molecule has 0 saturated carbocycles. The Kier molecular flexibility index (Phi) is 5.06. The van der Waals surface area contributed by atoms with Crippen LogP contribution in [0.25, 0.3) is 11.0 Å². The number of halogens is 1. The molecule has 2 heterocycles. The van der Waals surface area contributed by atoms with Gasteiger partial charge in [-0.1, -0.05) is 29.8 Å². The van der Waals surface area contributed by atoms with Crippen molar-refractivity contribution in [2.75, 3.05) is 6.54 Å². The van der Waals surface area contributed by atoms with Gasteiger partial charge in [-0.2, -0.15) is 0 Å². The Labute approximate surface area is 180 Å². The molecule has 30 heavy (non-hydrogen) atoms. The second kappa shape index (κ2) is 7.32. The molecule has 0 spiro atoms. The second-order valence-corrected chi connectivity index (χ2v) is 10.6. The number of sulfone groups is 1. The summed E-state index contributed by atoms with van der Waals surface area (Å²) in [6.07, 6.45) is 0.0852. The minimum Gasteiger partial charge on any atom is -0.459 e. The Bertz CT molecular complexity index is 1230. The molecule has 3 aromatic rings. The van der Waals surface area contributed by atoms with E-state index in [-0.39, 0.29) is 21.4 Å². The highest BCUT2D eigenvalue weighted by Gasteiger charge is 2.30.